The molecule has 1 heterocycles. The second-order valence-corrected chi connectivity index (χ2v) is 4.57. The Hall–Kier alpha value is -1.33. The Kier molecular flexibility index (Phi) is 3.26. The van der Waals surface area contributed by atoms with Gasteiger partial charge in [0.05, 0.1) is 6.04 Å². The summed E-state index contributed by atoms with van der Waals surface area (Å²) in [6.07, 6.45) is 0. The van der Waals surface area contributed by atoms with Gasteiger partial charge in [-0.2, -0.15) is 9.36 Å². The number of hydrogen-bond donors (Lipinski definition) is 2. The summed E-state index contributed by atoms with van der Waals surface area (Å²) >= 11 is 7.17. The highest BCUT2D eigenvalue weighted by Crippen LogP contribution is 2.22. The van der Waals surface area contributed by atoms with E-state index in [4.69, 9.17) is 17.3 Å². The molecule has 0 spiro atoms. The van der Waals surface area contributed by atoms with Gasteiger partial charge in [0.1, 0.15) is 0 Å². The van der Waals surface area contributed by atoms with Crippen LogP contribution in [0.25, 0.3) is 0 Å². The molecule has 0 aliphatic heterocycles. The third-order valence-corrected chi connectivity index (χ3v) is 3.03. The van der Waals surface area contributed by atoms with Crippen molar-refractivity contribution < 1.29 is 0 Å². The maximum absolute atomic E-state index is 5.92. The van der Waals surface area contributed by atoms with Crippen LogP contribution in [0.4, 0.5) is 11.1 Å². The quantitative estimate of drug-likeness (QED) is 0.884. The molecular formula is C10H11ClN4S. The predicted molar refractivity (Wildman–Crippen MR) is 67.8 cm³/mol. The lowest BCUT2D eigenvalue weighted by Crippen LogP contribution is -2.06. The van der Waals surface area contributed by atoms with Crippen molar-refractivity contribution in [1.29, 1.82) is 0 Å². The van der Waals surface area contributed by atoms with Crippen molar-refractivity contribution in [3.05, 3.63) is 34.9 Å². The standard InChI is InChI=1S/C10H11ClN4S/c1-6(7-3-2-4-8(11)5-7)13-10-14-9(12)15-16-10/h2-6H,1H3,(H3,12,13,14,15). The first-order valence-corrected chi connectivity index (χ1v) is 5.91. The Morgan fingerprint density at radius 2 is 2.31 bits per heavy atom. The van der Waals surface area contributed by atoms with Crippen LogP contribution >= 0.6 is 23.1 Å². The van der Waals surface area contributed by atoms with Crippen LogP contribution < -0.4 is 11.1 Å². The van der Waals surface area contributed by atoms with Gasteiger partial charge in [0.25, 0.3) is 0 Å². The second-order valence-electron chi connectivity index (χ2n) is 3.38. The van der Waals surface area contributed by atoms with Gasteiger partial charge in [-0.15, -0.1) is 0 Å². The van der Waals surface area contributed by atoms with Crippen molar-refractivity contribution in [2.45, 2.75) is 13.0 Å². The van der Waals surface area contributed by atoms with Crippen LogP contribution in [0.5, 0.6) is 0 Å². The number of nitrogens with one attached hydrogen (secondary N) is 1. The first-order chi connectivity index (χ1) is 7.65. The van der Waals surface area contributed by atoms with Crippen LogP contribution in [-0.4, -0.2) is 9.36 Å². The number of anilines is 2. The third-order valence-electron chi connectivity index (χ3n) is 2.13. The molecule has 0 amide bonds. The maximum Gasteiger partial charge on any atom is 0.233 e. The summed E-state index contributed by atoms with van der Waals surface area (Å²) in [4.78, 5) is 4.04. The number of nitrogen functional groups attached to an aromatic ring is 1. The summed E-state index contributed by atoms with van der Waals surface area (Å²) in [5, 5.41) is 4.65. The Balaban J connectivity index is 2.11. The van der Waals surface area contributed by atoms with E-state index in [-0.39, 0.29) is 6.04 Å². The lowest BCUT2D eigenvalue weighted by Gasteiger charge is -2.12. The molecule has 0 fully saturated rings. The van der Waals surface area contributed by atoms with E-state index in [0.717, 1.165) is 10.6 Å². The molecule has 16 heavy (non-hydrogen) atoms. The van der Waals surface area contributed by atoms with Gasteiger partial charge in [-0.3, -0.25) is 0 Å². The van der Waals surface area contributed by atoms with Gasteiger partial charge in [0.15, 0.2) is 0 Å². The second kappa shape index (κ2) is 4.67. The molecule has 4 nitrogen and oxygen atoms in total. The zero-order valence-corrected chi connectivity index (χ0v) is 10.2. The zero-order valence-electron chi connectivity index (χ0n) is 8.64. The molecule has 1 atom stereocenters. The lowest BCUT2D eigenvalue weighted by molar-refractivity contribution is 0.882. The minimum atomic E-state index is 0.117. The van der Waals surface area contributed by atoms with Gasteiger partial charge in [-0.25, -0.2) is 0 Å². The van der Waals surface area contributed by atoms with Gasteiger partial charge in [-0.05, 0) is 24.6 Å². The van der Waals surface area contributed by atoms with Crippen LogP contribution in [0.3, 0.4) is 0 Å². The molecule has 6 heteroatoms. The molecule has 0 aliphatic carbocycles. The average Bonchev–Trinajstić information content (AvgIpc) is 2.64. The van der Waals surface area contributed by atoms with E-state index >= 15 is 0 Å². The van der Waals surface area contributed by atoms with Crippen molar-refractivity contribution in [2.24, 2.45) is 0 Å². The minimum absolute atomic E-state index is 0.117. The fourth-order valence-electron chi connectivity index (χ4n) is 1.34. The van der Waals surface area contributed by atoms with Crippen molar-refractivity contribution in [3.8, 4) is 0 Å². The number of rotatable bonds is 3. The topological polar surface area (TPSA) is 63.8 Å². The predicted octanol–water partition coefficient (Wildman–Crippen LogP) is 2.95. The number of benzene rings is 1. The van der Waals surface area contributed by atoms with Gasteiger partial charge in [-0.1, -0.05) is 23.7 Å². The van der Waals surface area contributed by atoms with Gasteiger partial charge >= 0.3 is 0 Å². The molecule has 84 valence electrons. The fourth-order valence-corrected chi connectivity index (χ4v) is 2.12. The van der Waals surface area contributed by atoms with Crippen molar-refractivity contribution in [1.82, 2.24) is 9.36 Å². The van der Waals surface area contributed by atoms with Crippen LogP contribution in [0.1, 0.15) is 18.5 Å². The van der Waals surface area contributed by atoms with E-state index < -0.39 is 0 Å². The zero-order chi connectivity index (χ0) is 11.5. The van der Waals surface area contributed by atoms with Gasteiger partial charge in [0, 0.05) is 16.6 Å². The van der Waals surface area contributed by atoms with Crippen LogP contribution in [-0.2, 0) is 0 Å². The smallest absolute Gasteiger partial charge is 0.233 e. The van der Waals surface area contributed by atoms with E-state index in [9.17, 15) is 0 Å². The molecule has 1 aromatic heterocycles. The maximum atomic E-state index is 5.92. The Bertz CT molecular complexity index is 485. The fraction of sp³-hybridized carbons (Fsp3) is 0.200. The van der Waals surface area contributed by atoms with Crippen molar-refractivity contribution >= 4 is 34.2 Å². The molecule has 0 aliphatic rings. The van der Waals surface area contributed by atoms with E-state index in [1.165, 1.54) is 11.5 Å². The average molecular weight is 255 g/mol. The molecule has 2 rings (SSSR count). The molecule has 0 saturated heterocycles. The summed E-state index contributed by atoms with van der Waals surface area (Å²) in [7, 11) is 0. The molecule has 1 unspecified atom stereocenters. The van der Waals surface area contributed by atoms with E-state index in [1.54, 1.807) is 0 Å². The number of halogens is 1. The summed E-state index contributed by atoms with van der Waals surface area (Å²) in [6.45, 7) is 2.03. The van der Waals surface area contributed by atoms with Crippen molar-refractivity contribution in [2.75, 3.05) is 11.1 Å². The summed E-state index contributed by atoms with van der Waals surface area (Å²) in [5.41, 5.74) is 6.54. The van der Waals surface area contributed by atoms with Gasteiger partial charge in [0.2, 0.25) is 11.1 Å². The summed E-state index contributed by atoms with van der Waals surface area (Å²) in [6, 6.07) is 7.81. The number of hydrogen-bond acceptors (Lipinski definition) is 5. The molecule has 0 radical (unpaired) electrons. The largest absolute Gasteiger partial charge is 0.367 e. The van der Waals surface area contributed by atoms with E-state index in [2.05, 4.69) is 14.7 Å². The minimum Gasteiger partial charge on any atom is -0.367 e. The normalized spacial score (nSPS) is 12.4. The Labute approximate surface area is 103 Å². The summed E-state index contributed by atoms with van der Waals surface area (Å²) < 4.78 is 3.90. The molecule has 0 saturated carbocycles. The highest BCUT2D eigenvalue weighted by atomic mass is 35.5. The van der Waals surface area contributed by atoms with Crippen LogP contribution in [0.15, 0.2) is 24.3 Å². The molecule has 1 aromatic carbocycles. The number of aromatic nitrogens is 2. The highest BCUT2D eigenvalue weighted by molar-refractivity contribution is 7.09. The SMILES string of the molecule is CC(Nc1nc(N)ns1)c1cccc(Cl)c1. The van der Waals surface area contributed by atoms with Crippen molar-refractivity contribution in [3.63, 3.8) is 0 Å². The van der Waals surface area contributed by atoms with Gasteiger partial charge < -0.3 is 11.1 Å². The van der Waals surface area contributed by atoms with Crippen LogP contribution in [0.2, 0.25) is 5.02 Å². The Morgan fingerprint density at radius 1 is 1.50 bits per heavy atom. The molecular weight excluding hydrogens is 244 g/mol. The first-order valence-electron chi connectivity index (χ1n) is 4.76. The number of nitrogens with two attached hydrogens (primary N) is 1. The van der Waals surface area contributed by atoms with E-state index in [0.29, 0.717) is 11.1 Å². The Morgan fingerprint density at radius 3 is 2.94 bits per heavy atom. The lowest BCUT2D eigenvalue weighted by atomic mass is 10.1. The van der Waals surface area contributed by atoms with Crippen LogP contribution in [0, 0.1) is 0 Å². The molecule has 2 aromatic rings. The first kappa shape index (κ1) is 11.2. The number of nitrogens with zero attached hydrogens (tertiary/aromatic N) is 2. The monoisotopic (exact) mass is 254 g/mol. The highest BCUT2D eigenvalue weighted by Gasteiger charge is 2.08. The third kappa shape index (κ3) is 2.62. The van der Waals surface area contributed by atoms with E-state index in [1.807, 2.05) is 31.2 Å². The molecule has 0 bridgehead atoms. The summed E-state index contributed by atoms with van der Waals surface area (Å²) in [5.74, 6) is 0.297. The molecule has 3 N–H and O–H groups in total.